The van der Waals surface area contributed by atoms with E-state index in [2.05, 4.69) is 16.8 Å². The maximum atomic E-state index is 13.1. The summed E-state index contributed by atoms with van der Waals surface area (Å²) in [6.07, 6.45) is 1.80. The summed E-state index contributed by atoms with van der Waals surface area (Å²) in [6.45, 7) is 10.3. The second-order valence-electron chi connectivity index (χ2n) is 6.85. The summed E-state index contributed by atoms with van der Waals surface area (Å²) in [6, 6.07) is 13.6. The third-order valence-electron chi connectivity index (χ3n) is 4.69. The van der Waals surface area contributed by atoms with E-state index in [1.807, 2.05) is 67.8 Å². The number of benzene rings is 2. The number of carbonyl (C=O) groups is 1. The zero-order valence-electron chi connectivity index (χ0n) is 17.2. The number of methoxy groups -OCH3 is 1. The van der Waals surface area contributed by atoms with Crippen LogP contribution in [0.3, 0.4) is 0 Å². The first-order valence-electron chi connectivity index (χ1n) is 9.41. The van der Waals surface area contributed by atoms with Crippen molar-refractivity contribution in [2.24, 2.45) is 0 Å². The largest absolute Gasteiger partial charge is 0.496 e. The van der Waals surface area contributed by atoms with Crippen LogP contribution in [0.5, 0.6) is 5.75 Å². The topological polar surface area (TPSA) is 57.0 Å². The van der Waals surface area contributed by atoms with Crippen LogP contribution in [0.15, 0.2) is 60.3 Å². The first-order valence-corrected chi connectivity index (χ1v) is 10.3. The van der Waals surface area contributed by atoms with Crippen LogP contribution in [-0.4, -0.2) is 32.9 Å². The molecular formula is C23H25N3O2S. The second-order valence-corrected chi connectivity index (χ2v) is 8.16. The molecule has 150 valence electrons. The number of allylic oxidation sites excluding steroid dienone is 1. The quantitative estimate of drug-likeness (QED) is 0.295. The molecule has 5 nitrogen and oxygen atoms in total. The molecule has 0 radical (unpaired) electrons. The third-order valence-corrected chi connectivity index (χ3v) is 5.77. The predicted molar refractivity (Wildman–Crippen MR) is 118 cm³/mol. The highest BCUT2D eigenvalue weighted by molar-refractivity contribution is 8.00. The highest BCUT2D eigenvalue weighted by Crippen LogP contribution is 2.33. The van der Waals surface area contributed by atoms with Crippen LogP contribution in [-0.2, 0) is 6.54 Å². The molecule has 3 rings (SSSR count). The van der Waals surface area contributed by atoms with Crippen LogP contribution in [0.25, 0.3) is 11.4 Å². The van der Waals surface area contributed by atoms with Crippen LogP contribution in [0.4, 0.5) is 0 Å². The zero-order chi connectivity index (χ0) is 21.0. The summed E-state index contributed by atoms with van der Waals surface area (Å²) in [5.41, 5.74) is 3.66. The molecule has 0 aliphatic heterocycles. The number of aromatic nitrogens is 3. The van der Waals surface area contributed by atoms with Gasteiger partial charge in [-0.05, 0) is 44.5 Å². The summed E-state index contributed by atoms with van der Waals surface area (Å²) in [7, 11) is 1.63. The van der Waals surface area contributed by atoms with Crippen LogP contribution < -0.4 is 4.74 Å². The number of nitrogens with zero attached hydrogens (tertiary/aromatic N) is 3. The lowest BCUT2D eigenvalue weighted by atomic mass is 10.0. The number of para-hydroxylation sites is 1. The van der Waals surface area contributed by atoms with E-state index in [-0.39, 0.29) is 11.0 Å². The molecule has 0 fully saturated rings. The van der Waals surface area contributed by atoms with Crippen LogP contribution >= 0.6 is 11.8 Å². The number of thioether (sulfide) groups is 1. The number of Topliss-reactive ketones (excluding diaryl/α,β-unsaturated/α-hetero) is 1. The van der Waals surface area contributed by atoms with Crippen molar-refractivity contribution in [3.8, 4) is 17.1 Å². The Bertz CT molecular complexity index is 1040. The van der Waals surface area contributed by atoms with Gasteiger partial charge < -0.3 is 4.74 Å². The van der Waals surface area contributed by atoms with Gasteiger partial charge in [0, 0.05) is 12.1 Å². The minimum Gasteiger partial charge on any atom is -0.496 e. The van der Waals surface area contributed by atoms with Gasteiger partial charge in [0.05, 0.1) is 17.9 Å². The average molecular weight is 408 g/mol. The standard InChI is InChI=1S/C23H25N3O2S/c1-6-13-26-22(18-9-7-8-10-20(18)28-5)24-25-23(26)29-17(4)21(27)19-14-15(2)11-12-16(19)3/h6-12,14,17H,1,13H2,2-5H3/t17-/m1/s1. The van der Waals surface area contributed by atoms with E-state index in [0.717, 1.165) is 28.0 Å². The Morgan fingerprint density at radius 3 is 2.72 bits per heavy atom. The van der Waals surface area contributed by atoms with Gasteiger partial charge in [-0.3, -0.25) is 9.36 Å². The van der Waals surface area contributed by atoms with Crippen molar-refractivity contribution in [2.75, 3.05) is 7.11 Å². The lowest BCUT2D eigenvalue weighted by molar-refractivity contribution is 0.0993. The monoisotopic (exact) mass is 407 g/mol. The molecular weight excluding hydrogens is 382 g/mol. The number of carbonyl (C=O) groups excluding carboxylic acids is 1. The van der Waals surface area contributed by atoms with Gasteiger partial charge in [0.15, 0.2) is 16.8 Å². The smallest absolute Gasteiger partial charge is 0.192 e. The molecule has 0 spiro atoms. The molecule has 0 amide bonds. The van der Waals surface area contributed by atoms with Crippen molar-refractivity contribution in [1.29, 1.82) is 0 Å². The van der Waals surface area contributed by atoms with Crippen molar-refractivity contribution in [1.82, 2.24) is 14.8 Å². The predicted octanol–water partition coefficient (Wildman–Crippen LogP) is 5.12. The van der Waals surface area contributed by atoms with E-state index >= 15 is 0 Å². The zero-order valence-corrected chi connectivity index (χ0v) is 18.0. The normalized spacial score (nSPS) is 11.9. The van der Waals surface area contributed by atoms with Crippen molar-refractivity contribution < 1.29 is 9.53 Å². The van der Waals surface area contributed by atoms with Crippen molar-refractivity contribution >= 4 is 17.5 Å². The van der Waals surface area contributed by atoms with Crippen molar-refractivity contribution in [3.05, 3.63) is 71.8 Å². The Hall–Kier alpha value is -2.86. The number of hydrogen-bond acceptors (Lipinski definition) is 5. The van der Waals surface area contributed by atoms with Crippen molar-refractivity contribution in [3.63, 3.8) is 0 Å². The van der Waals surface area contributed by atoms with Gasteiger partial charge in [-0.2, -0.15) is 0 Å². The highest BCUT2D eigenvalue weighted by Gasteiger charge is 2.23. The molecule has 0 saturated heterocycles. The molecule has 1 atom stereocenters. The molecule has 0 saturated carbocycles. The lowest BCUT2D eigenvalue weighted by Gasteiger charge is -2.14. The molecule has 0 bridgehead atoms. The van der Waals surface area contributed by atoms with Gasteiger partial charge in [0.2, 0.25) is 0 Å². The molecule has 2 aromatic carbocycles. The van der Waals surface area contributed by atoms with Gasteiger partial charge in [0.25, 0.3) is 0 Å². The minimum atomic E-state index is -0.297. The van der Waals surface area contributed by atoms with E-state index in [4.69, 9.17) is 4.74 Å². The van der Waals surface area contributed by atoms with E-state index in [1.165, 1.54) is 11.8 Å². The Balaban J connectivity index is 1.93. The Labute approximate surface area is 175 Å². The maximum absolute atomic E-state index is 13.1. The molecule has 0 aliphatic rings. The molecule has 3 aromatic rings. The van der Waals surface area contributed by atoms with Gasteiger partial charge in [-0.1, -0.05) is 47.7 Å². The van der Waals surface area contributed by atoms with Gasteiger partial charge in [0.1, 0.15) is 5.75 Å². The summed E-state index contributed by atoms with van der Waals surface area (Å²) in [4.78, 5) is 13.1. The summed E-state index contributed by atoms with van der Waals surface area (Å²) < 4.78 is 7.44. The molecule has 0 aliphatic carbocycles. The van der Waals surface area contributed by atoms with E-state index in [9.17, 15) is 4.79 Å². The fraction of sp³-hybridized carbons (Fsp3) is 0.261. The number of ether oxygens (including phenoxy) is 1. The third kappa shape index (κ3) is 4.43. The maximum Gasteiger partial charge on any atom is 0.192 e. The molecule has 1 aromatic heterocycles. The Morgan fingerprint density at radius 1 is 1.24 bits per heavy atom. The lowest BCUT2D eigenvalue weighted by Crippen LogP contribution is -2.16. The van der Waals surface area contributed by atoms with Gasteiger partial charge in [-0.15, -0.1) is 16.8 Å². The summed E-state index contributed by atoms with van der Waals surface area (Å²) in [5, 5.41) is 9.13. The van der Waals surface area contributed by atoms with Gasteiger partial charge in [-0.25, -0.2) is 0 Å². The average Bonchev–Trinajstić information content (AvgIpc) is 3.11. The van der Waals surface area contributed by atoms with E-state index in [0.29, 0.717) is 17.5 Å². The first kappa shape index (κ1) is 20.9. The number of ketones is 1. The Kier molecular flexibility index (Phi) is 6.54. The number of rotatable bonds is 8. The minimum absolute atomic E-state index is 0.0863. The van der Waals surface area contributed by atoms with Gasteiger partial charge >= 0.3 is 0 Å². The van der Waals surface area contributed by atoms with E-state index < -0.39 is 0 Å². The Morgan fingerprint density at radius 2 is 2.00 bits per heavy atom. The first-order chi connectivity index (χ1) is 14.0. The van der Waals surface area contributed by atoms with Crippen LogP contribution in [0.1, 0.15) is 28.4 Å². The van der Waals surface area contributed by atoms with Crippen molar-refractivity contribution in [2.45, 2.75) is 37.7 Å². The fourth-order valence-electron chi connectivity index (χ4n) is 3.13. The van der Waals surface area contributed by atoms with E-state index in [1.54, 1.807) is 13.2 Å². The second kappa shape index (κ2) is 9.09. The molecule has 29 heavy (non-hydrogen) atoms. The van der Waals surface area contributed by atoms with Crippen LogP contribution in [0, 0.1) is 13.8 Å². The number of aryl methyl sites for hydroxylation is 2. The SMILES string of the molecule is C=CCn1c(S[C@H](C)C(=O)c2cc(C)ccc2C)nnc1-c1ccccc1OC. The highest BCUT2D eigenvalue weighted by atomic mass is 32.2. The fourth-order valence-corrected chi connectivity index (χ4v) is 4.06. The van der Waals surface area contributed by atoms with Crippen LogP contribution in [0.2, 0.25) is 0 Å². The molecule has 0 unspecified atom stereocenters. The molecule has 6 heteroatoms. The number of hydrogen-bond donors (Lipinski definition) is 0. The molecule has 1 heterocycles. The summed E-state index contributed by atoms with van der Waals surface area (Å²) >= 11 is 1.41. The molecule has 0 N–H and O–H groups in total. The summed E-state index contributed by atoms with van der Waals surface area (Å²) in [5.74, 6) is 1.50.